The van der Waals surface area contributed by atoms with Crippen molar-refractivity contribution in [1.82, 2.24) is 14.8 Å². The van der Waals surface area contributed by atoms with Crippen LogP contribution in [0.25, 0.3) is 0 Å². The molecular formula is C11H10F3N3. The number of alkyl halides is 3. The maximum Gasteiger partial charge on any atom is 0.408 e. The van der Waals surface area contributed by atoms with Crippen molar-refractivity contribution < 1.29 is 13.2 Å². The number of hydrogen-bond donors (Lipinski definition) is 0. The predicted octanol–water partition coefficient (Wildman–Crippen LogP) is 2.43. The molecule has 0 unspecified atom stereocenters. The summed E-state index contributed by atoms with van der Waals surface area (Å²) in [4.78, 5) is 3.87. The van der Waals surface area contributed by atoms with Gasteiger partial charge in [-0.3, -0.25) is 9.67 Å². The molecular weight excluding hydrogens is 231 g/mol. The zero-order chi connectivity index (χ0) is 12.3. The summed E-state index contributed by atoms with van der Waals surface area (Å²) in [5.41, 5.74) is 1.58. The molecule has 2 rings (SSSR count). The second-order valence-corrected chi connectivity index (χ2v) is 3.65. The average molecular weight is 241 g/mol. The van der Waals surface area contributed by atoms with Crippen LogP contribution in [-0.4, -0.2) is 20.9 Å². The van der Waals surface area contributed by atoms with Gasteiger partial charge in [-0.1, -0.05) is 0 Å². The largest absolute Gasteiger partial charge is 0.408 e. The van der Waals surface area contributed by atoms with Crippen molar-refractivity contribution in [3.8, 4) is 0 Å². The average Bonchev–Trinajstić information content (AvgIpc) is 2.64. The van der Waals surface area contributed by atoms with Gasteiger partial charge < -0.3 is 0 Å². The molecule has 2 aromatic heterocycles. The Hall–Kier alpha value is -1.85. The first-order chi connectivity index (χ1) is 8.03. The minimum absolute atomic E-state index is 0.507. The second kappa shape index (κ2) is 4.57. The Labute approximate surface area is 95.9 Å². The van der Waals surface area contributed by atoms with E-state index in [-0.39, 0.29) is 0 Å². The highest BCUT2D eigenvalue weighted by Gasteiger charge is 2.28. The summed E-state index contributed by atoms with van der Waals surface area (Å²) >= 11 is 0. The quantitative estimate of drug-likeness (QED) is 0.826. The molecule has 17 heavy (non-hydrogen) atoms. The molecule has 0 bridgehead atoms. The lowest BCUT2D eigenvalue weighted by Gasteiger charge is -2.05. The molecule has 0 aliphatic carbocycles. The van der Waals surface area contributed by atoms with Crippen LogP contribution in [0.4, 0.5) is 13.2 Å². The van der Waals surface area contributed by atoms with Crippen LogP contribution in [0.15, 0.2) is 36.8 Å². The smallest absolute Gasteiger partial charge is 0.265 e. The third-order valence-corrected chi connectivity index (χ3v) is 2.17. The van der Waals surface area contributed by atoms with Crippen molar-refractivity contribution in [2.75, 3.05) is 0 Å². The van der Waals surface area contributed by atoms with Gasteiger partial charge in [-0.15, -0.1) is 0 Å². The molecule has 0 aliphatic heterocycles. The Balaban J connectivity index is 2.04. The van der Waals surface area contributed by atoms with Crippen LogP contribution in [0.1, 0.15) is 11.3 Å². The minimum atomic E-state index is -4.24. The monoisotopic (exact) mass is 241 g/mol. The standard InChI is InChI=1S/C11H10F3N3/c12-11(13,14)8-17-6-3-10(16-17)7-9-1-4-15-5-2-9/h1-6H,7-8H2. The molecule has 90 valence electrons. The number of aromatic nitrogens is 3. The van der Waals surface area contributed by atoms with E-state index < -0.39 is 12.7 Å². The molecule has 3 nitrogen and oxygen atoms in total. The zero-order valence-corrected chi connectivity index (χ0v) is 8.85. The Bertz CT molecular complexity index is 476. The lowest BCUT2D eigenvalue weighted by molar-refractivity contribution is -0.142. The molecule has 0 spiro atoms. The van der Waals surface area contributed by atoms with E-state index in [1.54, 1.807) is 18.5 Å². The van der Waals surface area contributed by atoms with Crippen molar-refractivity contribution >= 4 is 0 Å². The summed E-state index contributed by atoms with van der Waals surface area (Å²) in [5.74, 6) is 0. The van der Waals surface area contributed by atoms with Gasteiger partial charge in [0, 0.05) is 25.0 Å². The first-order valence-corrected chi connectivity index (χ1v) is 5.01. The van der Waals surface area contributed by atoms with E-state index in [9.17, 15) is 13.2 Å². The van der Waals surface area contributed by atoms with Gasteiger partial charge in [-0.2, -0.15) is 18.3 Å². The topological polar surface area (TPSA) is 30.7 Å². The third-order valence-electron chi connectivity index (χ3n) is 2.17. The first kappa shape index (κ1) is 11.6. The Morgan fingerprint density at radius 2 is 1.82 bits per heavy atom. The lowest BCUT2D eigenvalue weighted by Crippen LogP contribution is -2.18. The van der Waals surface area contributed by atoms with E-state index in [0.717, 1.165) is 10.2 Å². The number of nitrogens with zero attached hydrogens (tertiary/aromatic N) is 3. The van der Waals surface area contributed by atoms with Crippen molar-refractivity contribution in [2.24, 2.45) is 0 Å². The Morgan fingerprint density at radius 3 is 2.47 bits per heavy atom. The van der Waals surface area contributed by atoms with Crippen LogP contribution in [0.3, 0.4) is 0 Å². The molecule has 2 heterocycles. The minimum Gasteiger partial charge on any atom is -0.265 e. The van der Waals surface area contributed by atoms with Crippen LogP contribution < -0.4 is 0 Å². The number of pyridine rings is 1. The summed E-state index contributed by atoms with van der Waals surface area (Å²) < 4.78 is 37.2. The number of halogens is 3. The SMILES string of the molecule is FC(F)(F)Cn1ccc(Cc2ccncc2)n1. The highest BCUT2D eigenvalue weighted by molar-refractivity contribution is 5.17. The van der Waals surface area contributed by atoms with Crippen LogP contribution in [0.5, 0.6) is 0 Å². The Kier molecular flexibility index (Phi) is 3.12. The van der Waals surface area contributed by atoms with Gasteiger partial charge >= 0.3 is 6.18 Å². The van der Waals surface area contributed by atoms with E-state index in [0.29, 0.717) is 12.1 Å². The molecule has 0 N–H and O–H groups in total. The molecule has 0 fully saturated rings. The van der Waals surface area contributed by atoms with Gasteiger partial charge in [0.25, 0.3) is 0 Å². The van der Waals surface area contributed by atoms with Crippen LogP contribution in [0, 0.1) is 0 Å². The lowest BCUT2D eigenvalue weighted by atomic mass is 10.1. The van der Waals surface area contributed by atoms with Crippen molar-refractivity contribution in [3.05, 3.63) is 48.0 Å². The molecule has 0 aromatic carbocycles. The summed E-state index contributed by atoms with van der Waals surface area (Å²) in [6.07, 6.45) is 0.890. The third kappa shape index (κ3) is 3.58. The number of rotatable bonds is 3. The summed E-state index contributed by atoms with van der Waals surface area (Å²) in [7, 11) is 0. The van der Waals surface area contributed by atoms with Crippen LogP contribution in [0.2, 0.25) is 0 Å². The number of hydrogen-bond acceptors (Lipinski definition) is 2. The molecule has 0 atom stereocenters. The summed E-state index contributed by atoms with van der Waals surface area (Å²) in [6.45, 7) is -1.05. The van der Waals surface area contributed by atoms with E-state index in [1.165, 1.54) is 6.20 Å². The van der Waals surface area contributed by atoms with Gasteiger partial charge in [-0.05, 0) is 23.8 Å². The molecule has 0 saturated heterocycles. The summed E-state index contributed by atoms with van der Waals surface area (Å²) in [5, 5.41) is 3.87. The fourth-order valence-corrected chi connectivity index (χ4v) is 1.48. The van der Waals surface area contributed by atoms with Crippen LogP contribution in [-0.2, 0) is 13.0 Å². The zero-order valence-electron chi connectivity index (χ0n) is 8.85. The normalized spacial score (nSPS) is 11.7. The van der Waals surface area contributed by atoms with E-state index in [4.69, 9.17) is 0 Å². The van der Waals surface area contributed by atoms with Gasteiger partial charge in [-0.25, -0.2) is 0 Å². The maximum absolute atomic E-state index is 12.1. The van der Waals surface area contributed by atoms with Gasteiger partial charge in [0.05, 0.1) is 5.69 Å². The fourth-order valence-electron chi connectivity index (χ4n) is 1.48. The fraction of sp³-hybridized carbons (Fsp3) is 0.273. The van der Waals surface area contributed by atoms with E-state index in [1.807, 2.05) is 12.1 Å². The predicted molar refractivity (Wildman–Crippen MR) is 55.3 cm³/mol. The van der Waals surface area contributed by atoms with Crippen molar-refractivity contribution in [1.29, 1.82) is 0 Å². The maximum atomic E-state index is 12.1. The van der Waals surface area contributed by atoms with Crippen molar-refractivity contribution in [2.45, 2.75) is 19.1 Å². The highest BCUT2D eigenvalue weighted by atomic mass is 19.4. The summed E-state index contributed by atoms with van der Waals surface area (Å²) in [6, 6.07) is 5.21. The molecule has 2 aromatic rings. The van der Waals surface area contributed by atoms with Crippen LogP contribution >= 0.6 is 0 Å². The first-order valence-electron chi connectivity index (χ1n) is 5.01. The van der Waals surface area contributed by atoms with Gasteiger partial charge in [0.2, 0.25) is 0 Å². The van der Waals surface area contributed by atoms with Gasteiger partial charge in [0.1, 0.15) is 6.54 Å². The Morgan fingerprint density at radius 1 is 1.12 bits per heavy atom. The van der Waals surface area contributed by atoms with Gasteiger partial charge in [0.15, 0.2) is 0 Å². The molecule has 0 aliphatic rings. The van der Waals surface area contributed by atoms with E-state index in [2.05, 4.69) is 10.1 Å². The van der Waals surface area contributed by atoms with E-state index >= 15 is 0 Å². The van der Waals surface area contributed by atoms with Crippen molar-refractivity contribution in [3.63, 3.8) is 0 Å². The molecule has 6 heteroatoms. The molecule has 0 saturated carbocycles. The highest BCUT2D eigenvalue weighted by Crippen LogP contribution is 2.17. The second-order valence-electron chi connectivity index (χ2n) is 3.65. The molecule has 0 radical (unpaired) electrons. The molecule has 0 amide bonds.